The van der Waals surface area contributed by atoms with E-state index >= 15 is 0 Å². The van der Waals surface area contributed by atoms with Gasteiger partial charge >= 0.3 is 0 Å². The Balaban J connectivity index is 1.73. The zero-order valence-corrected chi connectivity index (χ0v) is 14.8. The summed E-state index contributed by atoms with van der Waals surface area (Å²) in [4.78, 5) is 25.7. The molecule has 24 heavy (non-hydrogen) atoms. The van der Waals surface area contributed by atoms with E-state index in [0.29, 0.717) is 25.4 Å². The summed E-state index contributed by atoms with van der Waals surface area (Å²) in [5.74, 6) is 1.09. The van der Waals surface area contributed by atoms with Crippen LogP contribution in [0.1, 0.15) is 31.7 Å². The lowest BCUT2D eigenvalue weighted by Gasteiger charge is -2.32. The quantitative estimate of drug-likeness (QED) is 0.766. The number of piperidine rings is 1. The number of carbonyl (C=O) groups excluding carboxylic acids is 2. The molecule has 1 aromatic rings. The third kappa shape index (κ3) is 5.41. The second-order valence-corrected chi connectivity index (χ2v) is 6.29. The molecular weight excluding hydrogens is 328 g/mol. The summed E-state index contributed by atoms with van der Waals surface area (Å²) in [5, 5.41) is 2.99. The van der Waals surface area contributed by atoms with Crippen molar-refractivity contribution >= 4 is 23.4 Å². The van der Waals surface area contributed by atoms with Crippen molar-refractivity contribution in [2.45, 2.75) is 38.6 Å². The molecule has 0 atom stereocenters. The van der Waals surface area contributed by atoms with Crippen molar-refractivity contribution < 1.29 is 14.3 Å². The third-order valence-corrected chi connectivity index (χ3v) is 4.42. The summed E-state index contributed by atoms with van der Waals surface area (Å²) in [6, 6.07) is 7.85. The predicted molar refractivity (Wildman–Crippen MR) is 94.4 cm³/mol. The molecule has 1 saturated heterocycles. The number of alkyl halides is 1. The van der Waals surface area contributed by atoms with Gasteiger partial charge in [0.1, 0.15) is 5.75 Å². The van der Waals surface area contributed by atoms with Crippen molar-refractivity contribution in [1.82, 2.24) is 10.2 Å². The number of amides is 2. The van der Waals surface area contributed by atoms with Crippen molar-refractivity contribution in [3.05, 3.63) is 29.8 Å². The first kappa shape index (κ1) is 18.6. The first-order valence-electron chi connectivity index (χ1n) is 8.47. The molecule has 0 spiro atoms. The number of benzene rings is 1. The van der Waals surface area contributed by atoms with Crippen LogP contribution in [0, 0.1) is 0 Å². The van der Waals surface area contributed by atoms with E-state index < -0.39 is 0 Å². The number of nitrogens with zero attached hydrogens (tertiary/aromatic N) is 1. The van der Waals surface area contributed by atoms with E-state index in [4.69, 9.17) is 16.3 Å². The molecule has 1 aromatic carbocycles. The fourth-order valence-electron chi connectivity index (χ4n) is 2.86. The summed E-state index contributed by atoms with van der Waals surface area (Å²) >= 11 is 5.60. The first-order valence-corrected chi connectivity index (χ1v) is 9.01. The lowest BCUT2D eigenvalue weighted by Crippen LogP contribution is -2.47. The Labute approximate surface area is 148 Å². The lowest BCUT2D eigenvalue weighted by molar-refractivity contribution is -0.132. The largest absolute Gasteiger partial charge is 0.483 e. The maximum atomic E-state index is 12.1. The van der Waals surface area contributed by atoms with Crippen molar-refractivity contribution in [1.29, 1.82) is 0 Å². The number of likely N-dealkylation sites (tertiary alicyclic amines) is 1. The Bertz CT molecular complexity index is 557. The van der Waals surface area contributed by atoms with E-state index in [9.17, 15) is 9.59 Å². The molecule has 0 aromatic heterocycles. The van der Waals surface area contributed by atoms with E-state index in [1.807, 2.05) is 29.2 Å². The minimum atomic E-state index is -0.119. The number of ether oxygens (including phenoxy) is 1. The van der Waals surface area contributed by atoms with Crippen molar-refractivity contribution in [3.8, 4) is 5.75 Å². The fraction of sp³-hybridized carbons (Fsp3) is 0.556. The first-order chi connectivity index (χ1) is 11.6. The van der Waals surface area contributed by atoms with Gasteiger partial charge in [-0.05, 0) is 30.9 Å². The number of halogens is 1. The standard InChI is InChI=1S/C18H25ClN2O3/c1-2-14-5-3-4-6-16(14)24-13-17(22)20-15-8-11-21(12-9-15)18(23)7-10-19/h3-6,15H,2,7-13H2,1H3,(H,20,22). The molecule has 0 aliphatic carbocycles. The van der Waals surface area contributed by atoms with E-state index in [0.717, 1.165) is 30.6 Å². The minimum Gasteiger partial charge on any atom is -0.483 e. The fourth-order valence-corrected chi connectivity index (χ4v) is 3.02. The second kappa shape index (κ2) is 9.52. The van der Waals surface area contributed by atoms with E-state index in [-0.39, 0.29) is 24.5 Å². The van der Waals surface area contributed by atoms with Crippen LogP contribution in [0.5, 0.6) is 5.75 Å². The molecule has 5 nitrogen and oxygen atoms in total. The zero-order valence-electron chi connectivity index (χ0n) is 14.1. The van der Waals surface area contributed by atoms with Gasteiger partial charge in [-0.15, -0.1) is 11.6 Å². The molecule has 0 unspecified atom stereocenters. The number of hydrogen-bond acceptors (Lipinski definition) is 3. The van der Waals surface area contributed by atoms with Gasteiger partial charge in [0.15, 0.2) is 6.61 Å². The summed E-state index contributed by atoms with van der Waals surface area (Å²) in [7, 11) is 0. The highest BCUT2D eigenvalue weighted by Crippen LogP contribution is 2.18. The Morgan fingerprint density at radius 2 is 2.00 bits per heavy atom. The minimum absolute atomic E-state index is 0.0163. The van der Waals surface area contributed by atoms with Gasteiger partial charge in [-0.3, -0.25) is 9.59 Å². The smallest absolute Gasteiger partial charge is 0.258 e. The number of nitrogens with one attached hydrogen (secondary N) is 1. The van der Waals surface area contributed by atoms with Crippen molar-refractivity contribution in [2.24, 2.45) is 0 Å². The number of hydrogen-bond donors (Lipinski definition) is 1. The van der Waals surface area contributed by atoms with Gasteiger partial charge in [0.25, 0.3) is 5.91 Å². The second-order valence-electron chi connectivity index (χ2n) is 5.91. The molecule has 1 aliphatic rings. The van der Waals surface area contributed by atoms with Gasteiger partial charge in [-0.2, -0.15) is 0 Å². The van der Waals surface area contributed by atoms with E-state index in [1.165, 1.54) is 0 Å². The third-order valence-electron chi connectivity index (χ3n) is 4.23. The summed E-state index contributed by atoms with van der Waals surface area (Å²) in [5.41, 5.74) is 1.09. The van der Waals surface area contributed by atoms with Gasteiger partial charge in [0.2, 0.25) is 5.91 Å². The van der Waals surface area contributed by atoms with Gasteiger partial charge in [0.05, 0.1) is 0 Å². The van der Waals surface area contributed by atoms with Crippen LogP contribution < -0.4 is 10.1 Å². The van der Waals surface area contributed by atoms with Crippen LogP contribution in [0.2, 0.25) is 0 Å². The highest BCUT2D eigenvalue weighted by atomic mass is 35.5. The van der Waals surface area contributed by atoms with Crippen LogP contribution in [0.4, 0.5) is 0 Å². The van der Waals surface area contributed by atoms with Crippen LogP contribution in [-0.2, 0) is 16.0 Å². The number of aryl methyl sites for hydroxylation is 1. The molecule has 1 heterocycles. The normalized spacial score (nSPS) is 15.2. The van der Waals surface area contributed by atoms with Crippen LogP contribution in [0.3, 0.4) is 0 Å². The maximum Gasteiger partial charge on any atom is 0.258 e. The van der Waals surface area contributed by atoms with Gasteiger partial charge < -0.3 is 15.0 Å². The van der Waals surface area contributed by atoms with Crippen molar-refractivity contribution in [2.75, 3.05) is 25.6 Å². The molecule has 2 amide bonds. The molecular formula is C18H25ClN2O3. The Hall–Kier alpha value is -1.75. The molecule has 6 heteroatoms. The van der Waals surface area contributed by atoms with Crippen LogP contribution in [0.15, 0.2) is 24.3 Å². The maximum absolute atomic E-state index is 12.1. The van der Waals surface area contributed by atoms with Gasteiger partial charge in [0, 0.05) is 31.4 Å². The molecule has 0 bridgehead atoms. The van der Waals surface area contributed by atoms with Crippen LogP contribution in [0.25, 0.3) is 0 Å². The predicted octanol–water partition coefficient (Wildman–Crippen LogP) is 2.36. The van der Waals surface area contributed by atoms with E-state index in [2.05, 4.69) is 12.2 Å². The molecule has 1 fully saturated rings. The monoisotopic (exact) mass is 352 g/mol. The molecule has 2 rings (SSSR count). The molecule has 1 N–H and O–H groups in total. The van der Waals surface area contributed by atoms with Crippen LogP contribution >= 0.6 is 11.6 Å². The topological polar surface area (TPSA) is 58.6 Å². The molecule has 132 valence electrons. The average Bonchev–Trinajstić information content (AvgIpc) is 2.61. The Kier molecular flexibility index (Phi) is 7.37. The number of para-hydroxylation sites is 1. The molecule has 1 aliphatic heterocycles. The molecule has 0 radical (unpaired) electrons. The Morgan fingerprint density at radius 3 is 2.67 bits per heavy atom. The zero-order chi connectivity index (χ0) is 17.4. The van der Waals surface area contributed by atoms with Crippen LogP contribution in [-0.4, -0.2) is 48.3 Å². The highest BCUT2D eigenvalue weighted by Gasteiger charge is 2.23. The number of rotatable bonds is 7. The summed E-state index contributed by atoms with van der Waals surface area (Å²) in [6.07, 6.45) is 2.78. The van der Waals surface area contributed by atoms with Gasteiger partial charge in [-0.25, -0.2) is 0 Å². The average molecular weight is 353 g/mol. The number of carbonyl (C=O) groups is 2. The Morgan fingerprint density at radius 1 is 1.29 bits per heavy atom. The lowest BCUT2D eigenvalue weighted by atomic mass is 10.0. The SMILES string of the molecule is CCc1ccccc1OCC(=O)NC1CCN(C(=O)CCCl)CC1. The summed E-state index contributed by atoms with van der Waals surface area (Å²) < 4.78 is 5.63. The van der Waals surface area contributed by atoms with Gasteiger partial charge in [-0.1, -0.05) is 25.1 Å². The molecule has 0 saturated carbocycles. The van der Waals surface area contributed by atoms with Crippen molar-refractivity contribution in [3.63, 3.8) is 0 Å². The summed E-state index contributed by atoms with van der Waals surface area (Å²) in [6.45, 7) is 3.41. The highest BCUT2D eigenvalue weighted by molar-refractivity contribution is 6.18. The van der Waals surface area contributed by atoms with E-state index in [1.54, 1.807) is 0 Å².